The number of ether oxygens (including phenoxy) is 1. The fourth-order valence-corrected chi connectivity index (χ4v) is 7.71. The lowest BCUT2D eigenvalue weighted by Crippen LogP contribution is -2.62. The van der Waals surface area contributed by atoms with Crippen molar-refractivity contribution >= 4 is 45.0 Å². The summed E-state index contributed by atoms with van der Waals surface area (Å²) in [5.74, 6) is -1.41. The highest BCUT2D eigenvalue weighted by molar-refractivity contribution is 8.15. The molecule has 2 aliphatic heterocycles. The number of hydrogen-bond donors (Lipinski definition) is 1. The first kappa shape index (κ1) is 17.5. The molecule has 0 bridgehead atoms. The molecule has 0 radical (unpaired) electrons. The Bertz CT molecular complexity index is 764. The van der Waals surface area contributed by atoms with Crippen molar-refractivity contribution in [3.8, 4) is 0 Å². The Labute approximate surface area is 148 Å². The van der Waals surface area contributed by atoms with Crippen molar-refractivity contribution in [3.63, 3.8) is 0 Å². The van der Waals surface area contributed by atoms with Crippen LogP contribution in [-0.4, -0.2) is 50.8 Å². The van der Waals surface area contributed by atoms with Crippen molar-refractivity contribution < 1.29 is 22.7 Å². The lowest BCUT2D eigenvalue weighted by Gasteiger charge is -2.39. The third kappa shape index (κ3) is 2.57. The van der Waals surface area contributed by atoms with Crippen LogP contribution in [0.15, 0.2) is 29.0 Å². The third-order valence-electron chi connectivity index (χ3n) is 3.93. The Hall–Kier alpha value is -1.36. The van der Waals surface area contributed by atoms with Gasteiger partial charge in [-0.25, -0.2) is 17.5 Å². The molecule has 3 rings (SSSR count). The molecule has 10 heteroatoms. The quantitative estimate of drug-likeness (QED) is 0.765. The molecule has 2 unspecified atom stereocenters. The predicted octanol–water partition coefficient (Wildman–Crippen LogP) is 0.855. The van der Waals surface area contributed by atoms with E-state index in [1.807, 2.05) is 0 Å². The van der Waals surface area contributed by atoms with Crippen LogP contribution < -0.4 is 5.32 Å². The van der Waals surface area contributed by atoms with Crippen molar-refractivity contribution in [3.05, 3.63) is 33.9 Å². The normalized spacial score (nSPS) is 27.5. The SMILES string of the molecule is COC(=O)C1CNCC(=O)N1S(=O)(=O)C1(c2cccs2)CC=CS1. The van der Waals surface area contributed by atoms with Crippen LogP contribution in [0.5, 0.6) is 0 Å². The smallest absolute Gasteiger partial charge is 0.331 e. The first-order chi connectivity index (χ1) is 11.4. The maximum atomic E-state index is 13.5. The Morgan fingerprint density at radius 1 is 1.50 bits per heavy atom. The van der Waals surface area contributed by atoms with Gasteiger partial charge in [-0.15, -0.1) is 23.1 Å². The molecule has 7 nitrogen and oxygen atoms in total. The standard InChI is InChI=1S/C14H16N2O5S3/c1-21-13(18)10-8-15-9-12(17)16(10)24(19,20)14(5-3-7-23-14)11-4-2-6-22-11/h2-4,6-7,10,15H,5,8-9H2,1H3. The van der Waals surface area contributed by atoms with Crippen LogP contribution in [-0.2, 0) is 28.4 Å². The number of thioether (sulfide) groups is 1. The number of piperazine rings is 1. The molecule has 24 heavy (non-hydrogen) atoms. The fraction of sp³-hybridized carbons (Fsp3) is 0.429. The zero-order valence-corrected chi connectivity index (χ0v) is 15.2. The Balaban J connectivity index is 2.10. The minimum Gasteiger partial charge on any atom is -0.467 e. The fourth-order valence-electron chi connectivity index (χ4n) is 2.78. The minimum atomic E-state index is -4.15. The summed E-state index contributed by atoms with van der Waals surface area (Å²) in [4.78, 5) is 25.1. The summed E-state index contributed by atoms with van der Waals surface area (Å²) in [6.45, 7) is -0.0956. The molecule has 0 aromatic carbocycles. The zero-order chi connectivity index (χ0) is 17.4. The van der Waals surface area contributed by atoms with Gasteiger partial charge in [0, 0.05) is 17.8 Å². The molecule has 1 fully saturated rings. The second-order valence-corrected chi connectivity index (χ2v) is 9.74. The van der Waals surface area contributed by atoms with Crippen LogP contribution in [0.4, 0.5) is 0 Å². The second kappa shape index (κ2) is 6.51. The lowest BCUT2D eigenvalue weighted by molar-refractivity contribution is -0.150. The molecular formula is C14H16N2O5S3. The van der Waals surface area contributed by atoms with Gasteiger partial charge in [-0.05, 0) is 16.9 Å². The van der Waals surface area contributed by atoms with E-state index in [1.165, 1.54) is 18.4 Å². The van der Waals surface area contributed by atoms with E-state index in [1.54, 1.807) is 29.0 Å². The topological polar surface area (TPSA) is 92.8 Å². The molecule has 0 spiro atoms. The number of amides is 1. The van der Waals surface area contributed by atoms with Crippen LogP contribution in [0.2, 0.25) is 0 Å². The molecule has 2 aliphatic rings. The van der Waals surface area contributed by atoms with Crippen molar-refractivity contribution in [2.75, 3.05) is 20.2 Å². The predicted molar refractivity (Wildman–Crippen MR) is 91.8 cm³/mol. The van der Waals surface area contributed by atoms with Crippen LogP contribution in [0.1, 0.15) is 11.3 Å². The summed E-state index contributed by atoms with van der Waals surface area (Å²) >= 11 is 2.46. The van der Waals surface area contributed by atoms with Crippen LogP contribution in [0.3, 0.4) is 0 Å². The molecule has 130 valence electrons. The molecule has 2 atom stereocenters. The molecular weight excluding hydrogens is 372 g/mol. The van der Waals surface area contributed by atoms with E-state index in [0.717, 1.165) is 16.1 Å². The molecule has 1 aromatic rings. The van der Waals surface area contributed by atoms with Crippen molar-refractivity contribution in [1.82, 2.24) is 9.62 Å². The Morgan fingerprint density at radius 2 is 2.29 bits per heavy atom. The van der Waals surface area contributed by atoms with E-state index in [-0.39, 0.29) is 19.5 Å². The number of esters is 1. The molecule has 3 heterocycles. The maximum absolute atomic E-state index is 13.5. The van der Waals surface area contributed by atoms with E-state index >= 15 is 0 Å². The first-order valence-corrected chi connectivity index (χ1v) is 10.4. The number of sulfonamides is 1. The monoisotopic (exact) mass is 388 g/mol. The number of thiophene rings is 1. The van der Waals surface area contributed by atoms with Gasteiger partial charge in [-0.2, -0.15) is 0 Å². The molecule has 1 N–H and O–H groups in total. The summed E-state index contributed by atoms with van der Waals surface area (Å²) in [5, 5.41) is 6.28. The molecule has 1 amide bonds. The number of carbonyl (C=O) groups excluding carboxylic acids is 2. The van der Waals surface area contributed by atoms with Gasteiger partial charge in [-0.3, -0.25) is 4.79 Å². The average Bonchev–Trinajstić information content (AvgIpc) is 3.25. The molecule has 0 saturated carbocycles. The number of hydrogen-bond acceptors (Lipinski definition) is 8. The van der Waals surface area contributed by atoms with Gasteiger partial charge in [0.25, 0.3) is 15.9 Å². The first-order valence-electron chi connectivity index (χ1n) is 7.16. The van der Waals surface area contributed by atoms with Gasteiger partial charge in [-0.1, -0.05) is 12.1 Å². The van der Waals surface area contributed by atoms with Gasteiger partial charge in [0.15, 0.2) is 10.1 Å². The van der Waals surface area contributed by atoms with E-state index in [4.69, 9.17) is 4.74 Å². The van der Waals surface area contributed by atoms with Gasteiger partial charge in [0.1, 0.15) is 0 Å². The Morgan fingerprint density at radius 3 is 2.88 bits per heavy atom. The third-order valence-corrected chi connectivity index (χ3v) is 9.43. The molecule has 0 aliphatic carbocycles. The zero-order valence-electron chi connectivity index (χ0n) is 12.8. The summed E-state index contributed by atoms with van der Waals surface area (Å²) in [6, 6.07) is 2.31. The van der Waals surface area contributed by atoms with Crippen LogP contribution in [0, 0.1) is 0 Å². The van der Waals surface area contributed by atoms with Gasteiger partial charge >= 0.3 is 5.97 Å². The summed E-state index contributed by atoms with van der Waals surface area (Å²) in [7, 11) is -2.97. The maximum Gasteiger partial charge on any atom is 0.331 e. The van der Waals surface area contributed by atoms with Crippen LogP contribution in [0.25, 0.3) is 0 Å². The molecule has 1 saturated heterocycles. The van der Waals surface area contributed by atoms with Crippen molar-refractivity contribution in [2.24, 2.45) is 0 Å². The number of nitrogens with one attached hydrogen (secondary N) is 1. The largest absolute Gasteiger partial charge is 0.467 e. The molecule has 1 aromatic heterocycles. The lowest BCUT2D eigenvalue weighted by atomic mass is 10.2. The second-order valence-electron chi connectivity index (χ2n) is 5.29. The van der Waals surface area contributed by atoms with E-state index < -0.39 is 32.0 Å². The number of carbonyl (C=O) groups is 2. The van der Waals surface area contributed by atoms with Gasteiger partial charge in [0.2, 0.25) is 0 Å². The van der Waals surface area contributed by atoms with E-state index in [0.29, 0.717) is 4.88 Å². The average molecular weight is 388 g/mol. The highest BCUT2D eigenvalue weighted by Gasteiger charge is 2.55. The minimum absolute atomic E-state index is 0.0380. The Kier molecular flexibility index (Phi) is 4.73. The van der Waals surface area contributed by atoms with Crippen molar-refractivity contribution in [1.29, 1.82) is 0 Å². The van der Waals surface area contributed by atoms with Gasteiger partial charge < -0.3 is 10.1 Å². The van der Waals surface area contributed by atoms with Crippen molar-refractivity contribution in [2.45, 2.75) is 16.5 Å². The summed E-state index contributed by atoms with van der Waals surface area (Å²) < 4.78 is 31.0. The summed E-state index contributed by atoms with van der Waals surface area (Å²) in [5.41, 5.74) is 0. The highest BCUT2D eigenvalue weighted by atomic mass is 32.3. The summed E-state index contributed by atoms with van der Waals surface area (Å²) in [6.07, 6.45) is 2.01. The number of nitrogens with zero attached hydrogens (tertiary/aromatic N) is 1. The van der Waals surface area contributed by atoms with Crippen LogP contribution >= 0.6 is 23.1 Å². The number of rotatable bonds is 4. The highest BCUT2D eigenvalue weighted by Crippen LogP contribution is 2.52. The van der Waals surface area contributed by atoms with E-state index in [9.17, 15) is 18.0 Å². The van der Waals surface area contributed by atoms with E-state index in [2.05, 4.69) is 5.32 Å². The number of allylic oxidation sites excluding steroid dienone is 1. The number of methoxy groups -OCH3 is 1. The van der Waals surface area contributed by atoms with Gasteiger partial charge in [0.05, 0.1) is 13.7 Å².